The van der Waals surface area contributed by atoms with Crippen molar-refractivity contribution < 1.29 is 19.2 Å². The molecule has 0 spiro atoms. The summed E-state index contributed by atoms with van der Waals surface area (Å²) >= 11 is 0. The molecule has 0 radical (unpaired) electrons. The number of rotatable bonds is 10. The van der Waals surface area contributed by atoms with Gasteiger partial charge in [-0.05, 0) is 30.7 Å². The molecular weight excluding hydrogens is 380 g/mol. The Morgan fingerprint density at radius 2 is 1.97 bits per heavy atom. The molecule has 3 rings (SSSR count). The minimum atomic E-state index is -0.277. The quantitative estimate of drug-likeness (QED) is 0.513. The Morgan fingerprint density at radius 3 is 2.73 bits per heavy atom. The molecule has 0 bridgehead atoms. The minimum absolute atomic E-state index is 0.0132. The van der Waals surface area contributed by atoms with Gasteiger partial charge in [-0.3, -0.25) is 9.59 Å². The van der Waals surface area contributed by atoms with Crippen LogP contribution in [0.25, 0.3) is 0 Å². The number of quaternary nitrogens is 1. The van der Waals surface area contributed by atoms with Gasteiger partial charge in [0.1, 0.15) is 6.17 Å². The molecule has 7 heteroatoms. The van der Waals surface area contributed by atoms with Crippen LogP contribution in [0.4, 0.5) is 5.69 Å². The number of carbonyl (C=O) groups is 2. The number of nitrogens with zero attached hydrogens (tertiary/aromatic N) is 1. The first-order chi connectivity index (χ1) is 14.5. The van der Waals surface area contributed by atoms with Crippen molar-refractivity contribution >= 4 is 17.5 Å². The van der Waals surface area contributed by atoms with E-state index in [0.29, 0.717) is 30.8 Å². The van der Waals surface area contributed by atoms with E-state index in [2.05, 4.69) is 24.7 Å². The fraction of sp³-hybridized carbons (Fsp3) is 0.391. The van der Waals surface area contributed by atoms with Crippen molar-refractivity contribution in [3.05, 3.63) is 65.2 Å². The number of nitrogens with one attached hydrogen (secondary N) is 3. The van der Waals surface area contributed by atoms with Gasteiger partial charge in [-0.2, -0.15) is 0 Å². The predicted octanol–water partition coefficient (Wildman–Crippen LogP) is 1.16. The van der Waals surface area contributed by atoms with Crippen molar-refractivity contribution in [2.45, 2.75) is 12.6 Å². The van der Waals surface area contributed by atoms with Crippen LogP contribution in [0, 0.1) is 0 Å². The van der Waals surface area contributed by atoms with Crippen molar-refractivity contribution in [2.75, 3.05) is 52.8 Å². The van der Waals surface area contributed by atoms with Crippen LogP contribution < -0.4 is 15.5 Å². The summed E-state index contributed by atoms with van der Waals surface area (Å²) in [6.07, 6.45) is 0.478. The lowest BCUT2D eigenvalue weighted by Crippen LogP contribution is -3.06. The number of amides is 2. The number of hydrogen-bond donors (Lipinski definition) is 3. The van der Waals surface area contributed by atoms with E-state index in [0.717, 1.165) is 24.2 Å². The molecule has 0 fully saturated rings. The molecule has 160 valence electrons. The Labute approximate surface area is 178 Å². The summed E-state index contributed by atoms with van der Waals surface area (Å²) in [7, 11) is 5.76. The lowest BCUT2D eigenvalue weighted by atomic mass is 10.1. The summed E-state index contributed by atoms with van der Waals surface area (Å²) in [5.74, 6) is -0.0842. The highest BCUT2D eigenvalue weighted by atomic mass is 16.5. The van der Waals surface area contributed by atoms with Crippen LogP contribution in [-0.2, 0) is 4.74 Å². The molecule has 0 saturated heterocycles. The average Bonchev–Trinajstić information content (AvgIpc) is 3.00. The van der Waals surface area contributed by atoms with Gasteiger partial charge in [0, 0.05) is 42.6 Å². The van der Waals surface area contributed by atoms with Crippen LogP contribution in [0.15, 0.2) is 48.5 Å². The summed E-state index contributed by atoms with van der Waals surface area (Å²) in [6, 6.07) is 15.1. The van der Waals surface area contributed by atoms with E-state index in [4.69, 9.17) is 4.74 Å². The maximum Gasteiger partial charge on any atom is 0.256 e. The molecule has 0 aromatic heterocycles. The minimum Gasteiger partial charge on any atom is -0.385 e. The Morgan fingerprint density at radius 1 is 1.17 bits per heavy atom. The van der Waals surface area contributed by atoms with Gasteiger partial charge in [0.05, 0.1) is 27.2 Å². The average molecular weight is 412 g/mol. The number of hydrogen-bond acceptors (Lipinski definition) is 4. The van der Waals surface area contributed by atoms with Gasteiger partial charge >= 0.3 is 0 Å². The molecule has 3 N–H and O–H groups in total. The third-order valence-corrected chi connectivity index (χ3v) is 5.14. The molecule has 0 aliphatic carbocycles. The summed E-state index contributed by atoms with van der Waals surface area (Å²) in [6.45, 7) is 2.67. The fourth-order valence-corrected chi connectivity index (χ4v) is 3.57. The molecule has 1 atom stereocenters. The molecule has 0 unspecified atom stereocenters. The van der Waals surface area contributed by atoms with Gasteiger partial charge in [0.15, 0.2) is 0 Å². The zero-order valence-electron chi connectivity index (χ0n) is 17.9. The van der Waals surface area contributed by atoms with Gasteiger partial charge in [0.25, 0.3) is 11.8 Å². The zero-order valence-corrected chi connectivity index (χ0v) is 17.9. The molecule has 2 amide bonds. The van der Waals surface area contributed by atoms with Crippen molar-refractivity contribution in [3.63, 3.8) is 0 Å². The number of likely N-dealkylation sites (N-methyl/N-ethyl adjacent to an activating group) is 1. The summed E-state index contributed by atoms with van der Waals surface area (Å²) in [5.41, 5.74) is 3.06. The summed E-state index contributed by atoms with van der Waals surface area (Å²) < 4.78 is 5.15. The van der Waals surface area contributed by atoms with Crippen LogP contribution in [0.1, 0.15) is 38.9 Å². The number of carbonyl (C=O) groups excluding carboxylic acids is 2. The smallest absolute Gasteiger partial charge is 0.256 e. The van der Waals surface area contributed by atoms with E-state index < -0.39 is 0 Å². The standard InChI is InChI=1S/C23H30N4O3/c1-26(2)14-12-24-22(28)17-8-6-9-18(16-17)25-21-19-10-4-5-11-20(19)23(29)27(21)13-7-15-30-3/h4-6,8-11,16,21,25H,7,12-15H2,1-3H3,(H,24,28)/p+1/t21-/m0/s1. The maximum atomic E-state index is 12.9. The van der Waals surface area contributed by atoms with Crippen LogP contribution in [0.5, 0.6) is 0 Å². The topological polar surface area (TPSA) is 75.1 Å². The molecule has 2 aromatic carbocycles. The predicted molar refractivity (Wildman–Crippen MR) is 117 cm³/mol. The van der Waals surface area contributed by atoms with Crippen molar-refractivity contribution in [2.24, 2.45) is 0 Å². The first kappa shape index (κ1) is 21.8. The molecule has 2 aromatic rings. The second kappa shape index (κ2) is 10.2. The lowest BCUT2D eigenvalue weighted by Gasteiger charge is -2.27. The van der Waals surface area contributed by atoms with Crippen LogP contribution in [0.2, 0.25) is 0 Å². The van der Waals surface area contributed by atoms with E-state index in [-0.39, 0.29) is 18.0 Å². The normalized spacial score (nSPS) is 15.4. The number of methoxy groups -OCH3 is 1. The monoisotopic (exact) mass is 411 g/mol. The zero-order chi connectivity index (χ0) is 21.5. The van der Waals surface area contributed by atoms with Crippen molar-refractivity contribution in [1.82, 2.24) is 10.2 Å². The number of fused-ring (bicyclic) bond motifs is 1. The van der Waals surface area contributed by atoms with Crippen molar-refractivity contribution in [3.8, 4) is 0 Å². The highest BCUT2D eigenvalue weighted by molar-refractivity contribution is 5.99. The van der Waals surface area contributed by atoms with Crippen LogP contribution >= 0.6 is 0 Å². The molecule has 0 saturated carbocycles. The SMILES string of the molecule is COCCCN1C(=O)c2ccccc2[C@H]1Nc1cccc(C(=O)NCC[NH+](C)C)c1. The highest BCUT2D eigenvalue weighted by Crippen LogP contribution is 2.34. The van der Waals surface area contributed by atoms with E-state index in [9.17, 15) is 9.59 Å². The van der Waals surface area contributed by atoms with Gasteiger partial charge in [-0.1, -0.05) is 24.3 Å². The van der Waals surface area contributed by atoms with Crippen LogP contribution in [0.3, 0.4) is 0 Å². The third-order valence-electron chi connectivity index (χ3n) is 5.14. The largest absolute Gasteiger partial charge is 0.385 e. The Hall–Kier alpha value is -2.90. The Balaban J connectivity index is 1.76. The highest BCUT2D eigenvalue weighted by Gasteiger charge is 2.36. The van der Waals surface area contributed by atoms with Crippen molar-refractivity contribution in [1.29, 1.82) is 0 Å². The Kier molecular flexibility index (Phi) is 7.43. The molecule has 1 aliphatic heterocycles. The van der Waals surface area contributed by atoms with Gasteiger partial charge in [0.2, 0.25) is 0 Å². The van der Waals surface area contributed by atoms with E-state index in [1.165, 1.54) is 4.90 Å². The molecule has 1 heterocycles. The molecular formula is C23H31N4O3+. The number of ether oxygens (including phenoxy) is 1. The number of anilines is 1. The van der Waals surface area contributed by atoms with E-state index in [1.807, 2.05) is 47.4 Å². The van der Waals surface area contributed by atoms with Gasteiger partial charge < -0.3 is 25.2 Å². The fourth-order valence-electron chi connectivity index (χ4n) is 3.57. The summed E-state index contributed by atoms with van der Waals surface area (Å²) in [5, 5.41) is 6.41. The second-order valence-electron chi connectivity index (χ2n) is 7.77. The van der Waals surface area contributed by atoms with Gasteiger partial charge in [-0.25, -0.2) is 0 Å². The van der Waals surface area contributed by atoms with E-state index in [1.54, 1.807) is 13.2 Å². The summed E-state index contributed by atoms with van der Waals surface area (Å²) in [4.78, 5) is 28.5. The molecule has 7 nitrogen and oxygen atoms in total. The Bertz CT molecular complexity index is 884. The van der Waals surface area contributed by atoms with E-state index >= 15 is 0 Å². The number of benzene rings is 2. The second-order valence-corrected chi connectivity index (χ2v) is 7.77. The maximum absolute atomic E-state index is 12.9. The first-order valence-corrected chi connectivity index (χ1v) is 10.3. The third kappa shape index (κ3) is 5.17. The van der Waals surface area contributed by atoms with Crippen LogP contribution in [-0.4, -0.2) is 64.2 Å². The molecule has 30 heavy (non-hydrogen) atoms. The van der Waals surface area contributed by atoms with Gasteiger partial charge in [-0.15, -0.1) is 0 Å². The lowest BCUT2D eigenvalue weighted by molar-refractivity contribution is -0.856. The molecule has 1 aliphatic rings. The first-order valence-electron chi connectivity index (χ1n) is 10.3.